The van der Waals surface area contributed by atoms with Crippen molar-refractivity contribution in [2.75, 3.05) is 52.8 Å². The summed E-state index contributed by atoms with van der Waals surface area (Å²) < 4.78 is 5.12. The highest BCUT2D eigenvalue weighted by atomic mass is 35.5. The molecular weight excluding hydrogens is 402 g/mol. The van der Waals surface area contributed by atoms with E-state index in [1.165, 1.54) is 0 Å². The Morgan fingerprint density at radius 3 is 2.70 bits per heavy atom. The van der Waals surface area contributed by atoms with E-state index in [1.54, 1.807) is 7.11 Å². The topological polar surface area (TPSA) is 61.8 Å². The number of rotatable bonds is 9. The molecule has 1 aliphatic heterocycles. The first kappa shape index (κ1) is 22.5. The van der Waals surface area contributed by atoms with Crippen LogP contribution in [0.1, 0.15) is 29.4 Å². The summed E-state index contributed by atoms with van der Waals surface area (Å²) in [6.07, 6.45) is 0.478. The molecule has 1 aliphatic rings. The van der Waals surface area contributed by atoms with Crippen LogP contribution >= 0.6 is 11.6 Å². The second-order valence-electron chi connectivity index (χ2n) is 8.00. The average Bonchev–Trinajstić information content (AvgIpc) is 3.06. The SMILES string of the molecule is COCCN1C[C@H](c2cc(N(C)C)nc(CN(C)Cc3cccc(Cl)c3)n2)CC1=O. The first-order valence-corrected chi connectivity index (χ1v) is 10.5. The maximum atomic E-state index is 12.4. The fourth-order valence-electron chi connectivity index (χ4n) is 3.64. The number of halogens is 1. The standard InChI is InChI=1S/C22H30ClN5O2/c1-26(2)21-12-19(17-11-22(29)28(14-17)8-9-30-4)24-20(25-21)15-27(3)13-16-6-5-7-18(23)10-16/h5-7,10,12,17H,8-9,11,13-15H2,1-4H3/t17-/m1/s1. The minimum atomic E-state index is 0.0769. The Labute approximate surface area is 183 Å². The number of aromatic nitrogens is 2. The van der Waals surface area contributed by atoms with Gasteiger partial charge in [0.05, 0.1) is 18.8 Å². The van der Waals surface area contributed by atoms with E-state index in [0.29, 0.717) is 32.7 Å². The van der Waals surface area contributed by atoms with Crippen LogP contribution in [-0.4, -0.2) is 73.6 Å². The van der Waals surface area contributed by atoms with Crippen LogP contribution in [0.15, 0.2) is 30.3 Å². The van der Waals surface area contributed by atoms with Crippen molar-refractivity contribution in [1.29, 1.82) is 0 Å². The smallest absolute Gasteiger partial charge is 0.223 e. The lowest BCUT2D eigenvalue weighted by Crippen LogP contribution is -2.28. The van der Waals surface area contributed by atoms with Crippen LogP contribution in [0.5, 0.6) is 0 Å². The molecule has 0 radical (unpaired) electrons. The van der Waals surface area contributed by atoms with Gasteiger partial charge in [0.15, 0.2) is 0 Å². The van der Waals surface area contributed by atoms with Gasteiger partial charge in [-0.25, -0.2) is 9.97 Å². The number of methoxy groups -OCH3 is 1. The molecule has 1 aromatic heterocycles. The summed E-state index contributed by atoms with van der Waals surface area (Å²) in [6.45, 7) is 3.19. The summed E-state index contributed by atoms with van der Waals surface area (Å²) in [5.41, 5.74) is 2.07. The molecule has 0 unspecified atom stereocenters. The lowest BCUT2D eigenvalue weighted by atomic mass is 10.0. The Balaban J connectivity index is 1.75. The number of carbonyl (C=O) groups excluding carboxylic acids is 1. The number of nitrogens with zero attached hydrogens (tertiary/aromatic N) is 5. The monoisotopic (exact) mass is 431 g/mol. The number of carbonyl (C=O) groups is 1. The van der Waals surface area contributed by atoms with Crippen LogP contribution in [0.25, 0.3) is 0 Å². The third-order valence-electron chi connectivity index (χ3n) is 5.19. The molecule has 1 aromatic carbocycles. The number of ether oxygens (including phenoxy) is 1. The Morgan fingerprint density at radius 1 is 1.20 bits per heavy atom. The van der Waals surface area contributed by atoms with Crippen LogP contribution < -0.4 is 4.90 Å². The maximum Gasteiger partial charge on any atom is 0.223 e. The van der Waals surface area contributed by atoms with Gasteiger partial charge in [0.2, 0.25) is 5.91 Å². The van der Waals surface area contributed by atoms with Gasteiger partial charge in [-0.05, 0) is 24.7 Å². The summed E-state index contributed by atoms with van der Waals surface area (Å²) in [5, 5.41) is 0.734. The maximum absolute atomic E-state index is 12.4. The van der Waals surface area contributed by atoms with Gasteiger partial charge in [-0.2, -0.15) is 0 Å². The first-order chi connectivity index (χ1) is 14.4. The Hall–Kier alpha value is -2.22. The Bertz CT molecular complexity index is 876. The van der Waals surface area contributed by atoms with Crippen LogP contribution in [0.3, 0.4) is 0 Å². The normalized spacial score (nSPS) is 16.5. The van der Waals surface area contributed by atoms with Crippen LogP contribution in [0.2, 0.25) is 5.02 Å². The lowest BCUT2D eigenvalue weighted by Gasteiger charge is -2.20. The zero-order chi connectivity index (χ0) is 21.7. The van der Waals surface area contributed by atoms with Crippen LogP contribution in [-0.2, 0) is 22.6 Å². The average molecular weight is 432 g/mol. The van der Waals surface area contributed by atoms with Crippen molar-refractivity contribution in [2.24, 2.45) is 0 Å². The predicted molar refractivity (Wildman–Crippen MR) is 119 cm³/mol. The number of likely N-dealkylation sites (tertiary alicyclic amines) is 1. The summed E-state index contributed by atoms with van der Waals surface area (Å²) in [4.78, 5) is 27.9. The van der Waals surface area contributed by atoms with Gasteiger partial charge in [0.25, 0.3) is 0 Å². The molecule has 162 valence electrons. The van der Waals surface area contributed by atoms with Crippen molar-refractivity contribution >= 4 is 23.3 Å². The van der Waals surface area contributed by atoms with Gasteiger partial charge < -0.3 is 14.5 Å². The molecule has 1 amide bonds. The summed E-state index contributed by atoms with van der Waals surface area (Å²) in [6, 6.07) is 9.86. The quantitative estimate of drug-likeness (QED) is 0.608. The van der Waals surface area contributed by atoms with E-state index in [2.05, 4.69) is 11.0 Å². The molecule has 0 N–H and O–H groups in total. The van der Waals surface area contributed by atoms with Gasteiger partial charge in [0.1, 0.15) is 11.6 Å². The van der Waals surface area contributed by atoms with E-state index < -0.39 is 0 Å². The molecule has 1 saturated heterocycles. The molecule has 7 nitrogen and oxygen atoms in total. The molecule has 30 heavy (non-hydrogen) atoms. The first-order valence-electron chi connectivity index (χ1n) is 10.1. The molecule has 0 aliphatic carbocycles. The van der Waals surface area contributed by atoms with E-state index in [9.17, 15) is 4.79 Å². The van der Waals surface area contributed by atoms with Crippen molar-refractivity contribution in [2.45, 2.75) is 25.4 Å². The molecular formula is C22H30ClN5O2. The van der Waals surface area contributed by atoms with Gasteiger partial charge in [-0.1, -0.05) is 23.7 Å². The van der Waals surface area contributed by atoms with Crippen LogP contribution in [0, 0.1) is 0 Å². The molecule has 2 heterocycles. The van der Waals surface area contributed by atoms with E-state index in [4.69, 9.17) is 26.3 Å². The third-order valence-corrected chi connectivity index (χ3v) is 5.42. The van der Waals surface area contributed by atoms with E-state index in [-0.39, 0.29) is 11.8 Å². The Kier molecular flexibility index (Phi) is 7.64. The van der Waals surface area contributed by atoms with E-state index in [1.807, 2.05) is 55.2 Å². The zero-order valence-corrected chi connectivity index (χ0v) is 18.9. The minimum Gasteiger partial charge on any atom is -0.383 e. The predicted octanol–water partition coefficient (Wildman–Crippen LogP) is 2.79. The number of hydrogen-bond donors (Lipinski definition) is 0. The van der Waals surface area contributed by atoms with Crippen LogP contribution in [0.4, 0.5) is 5.82 Å². The summed E-state index contributed by atoms with van der Waals surface area (Å²) in [7, 11) is 7.63. The minimum absolute atomic E-state index is 0.0769. The molecule has 0 saturated carbocycles. The van der Waals surface area contributed by atoms with Crippen molar-refractivity contribution in [3.63, 3.8) is 0 Å². The molecule has 0 spiro atoms. The highest BCUT2D eigenvalue weighted by Crippen LogP contribution is 2.28. The lowest BCUT2D eigenvalue weighted by molar-refractivity contribution is -0.128. The number of amides is 1. The second-order valence-corrected chi connectivity index (χ2v) is 8.43. The molecule has 1 fully saturated rings. The fraction of sp³-hybridized carbons (Fsp3) is 0.500. The number of benzene rings is 1. The molecule has 8 heteroatoms. The molecule has 1 atom stereocenters. The molecule has 3 rings (SSSR count). The summed E-state index contributed by atoms with van der Waals surface area (Å²) in [5.74, 6) is 1.84. The van der Waals surface area contributed by atoms with Crippen molar-refractivity contribution in [3.8, 4) is 0 Å². The highest BCUT2D eigenvalue weighted by Gasteiger charge is 2.32. The van der Waals surface area contributed by atoms with E-state index in [0.717, 1.165) is 34.5 Å². The largest absolute Gasteiger partial charge is 0.383 e. The van der Waals surface area contributed by atoms with Gasteiger partial charge >= 0.3 is 0 Å². The second kappa shape index (κ2) is 10.2. The van der Waals surface area contributed by atoms with Gasteiger partial charge in [-0.15, -0.1) is 0 Å². The Morgan fingerprint density at radius 2 is 2.00 bits per heavy atom. The number of hydrogen-bond acceptors (Lipinski definition) is 6. The van der Waals surface area contributed by atoms with E-state index >= 15 is 0 Å². The number of anilines is 1. The van der Waals surface area contributed by atoms with Crippen molar-refractivity contribution in [1.82, 2.24) is 19.8 Å². The zero-order valence-electron chi connectivity index (χ0n) is 18.1. The fourth-order valence-corrected chi connectivity index (χ4v) is 3.86. The third kappa shape index (κ3) is 5.90. The van der Waals surface area contributed by atoms with Gasteiger partial charge in [0, 0.05) is 64.3 Å². The van der Waals surface area contributed by atoms with Crippen molar-refractivity contribution in [3.05, 3.63) is 52.4 Å². The molecule has 2 aromatic rings. The highest BCUT2D eigenvalue weighted by molar-refractivity contribution is 6.30. The molecule has 0 bridgehead atoms. The van der Waals surface area contributed by atoms with Gasteiger partial charge in [-0.3, -0.25) is 9.69 Å². The summed E-state index contributed by atoms with van der Waals surface area (Å²) >= 11 is 6.10. The van der Waals surface area contributed by atoms with Crippen molar-refractivity contribution < 1.29 is 9.53 Å².